The summed E-state index contributed by atoms with van der Waals surface area (Å²) in [6.45, 7) is 3.49. The zero-order chi connectivity index (χ0) is 21.9. The van der Waals surface area contributed by atoms with Gasteiger partial charge in [0.05, 0.1) is 12.3 Å². The molecule has 3 heterocycles. The topological polar surface area (TPSA) is 60.8 Å². The van der Waals surface area contributed by atoms with Gasteiger partial charge in [-0.1, -0.05) is 12.1 Å². The van der Waals surface area contributed by atoms with Gasteiger partial charge in [0.15, 0.2) is 0 Å². The Hall–Kier alpha value is -2.70. The molecule has 2 aliphatic rings. The largest absolute Gasteiger partial charge is 0.508 e. The third kappa shape index (κ3) is 4.43. The Morgan fingerprint density at radius 2 is 1.59 bits per heavy atom. The van der Waals surface area contributed by atoms with Crippen molar-refractivity contribution in [1.29, 1.82) is 0 Å². The maximum Gasteiger partial charge on any atom is 0.221 e. The highest BCUT2D eigenvalue weighted by Crippen LogP contribution is 2.42. The fraction of sp³-hybridized carbons (Fsp3) is 0.423. The third-order valence-corrected chi connectivity index (χ3v) is 6.52. The fourth-order valence-electron chi connectivity index (χ4n) is 4.70. The molecule has 0 radical (unpaired) electrons. The van der Waals surface area contributed by atoms with Crippen molar-refractivity contribution in [3.8, 4) is 22.8 Å². The Kier molecular flexibility index (Phi) is 6.23. The SMILES string of the molecule is Oc1ccc2c(-c3ccc(F)cc3)c(C3CCOCC3)nc(OCC3CCOCC3)c2c1. The summed E-state index contributed by atoms with van der Waals surface area (Å²) in [7, 11) is 0. The van der Waals surface area contributed by atoms with Crippen LogP contribution in [-0.2, 0) is 9.47 Å². The molecule has 2 aliphatic heterocycles. The predicted molar refractivity (Wildman–Crippen MR) is 121 cm³/mol. The molecule has 5 rings (SSSR count). The van der Waals surface area contributed by atoms with E-state index in [-0.39, 0.29) is 17.5 Å². The molecule has 6 heteroatoms. The summed E-state index contributed by atoms with van der Waals surface area (Å²) in [6.07, 6.45) is 3.71. The number of phenols is 1. The van der Waals surface area contributed by atoms with E-state index >= 15 is 0 Å². The molecule has 1 N–H and O–H groups in total. The van der Waals surface area contributed by atoms with E-state index in [1.54, 1.807) is 24.3 Å². The van der Waals surface area contributed by atoms with Gasteiger partial charge in [-0.05, 0) is 72.9 Å². The number of halogens is 1. The van der Waals surface area contributed by atoms with E-state index < -0.39 is 0 Å². The standard InChI is InChI=1S/C26H28FNO4/c27-20-3-1-18(2-4-20)24-22-6-5-21(29)15-23(22)26(32-16-17-7-11-30-12-8-17)28-25(24)19-9-13-31-14-10-19/h1-6,15,17,19,29H,7-14,16H2. The molecule has 32 heavy (non-hydrogen) atoms. The van der Waals surface area contributed by atoms with Crippen molar-refractivity contribution in [1.82, 2.24) is 4.98 Å². The van der Waals surface area contributed by atoms with Crippen molar-refractivity contribution in [2.24, 2.45) is 5.92 Å². The summed E-state index contributed by atoms with van der Waals surface area (Å²) in [6, 6.07) is 11.9. The zero-order valence-corrected chi connectivity index (χ0v) is 18.1. The Balaban J connectivity index is 1.63. The first-order chi connectivity index (χ1) is 15.7. The van der Waals surface area contributed by atoms with Crippen LogP contribution >= 0.6 is 0 Å². The van der Waals surface area contributed by atoms with Gasteiger partial charge in [0.2, 0.25) is 5.88 Å². The van der Waals surface area contributed by atoms with Crippen LogP contribution in [0, 0.1) is 11.7 Å². The quantitative estimate of drug-likeness (QED) is 0.575. The van der Waals surface area contributed by atoms with Gasteiger partial charge in [0, 0.05) is 43.3 Å². The van der Waals surface area contributed by atoms with E-state index in [4.69, 9.17) is 19.2 Å². The summed E-state index contributed by atoms with van der Waals surface area (Å²) >= 11 is 0. The first-order valence-corrected chi connectivity index (χ1v) is 11.4. The minimum Gasteiger partial charge on any atom is -0.508 e. The highest BCUT2D eigenvalue weighted by atomic mass is 19.1. The smallest absolute Gasteiger partial charge is 0.221 e. The fourth-order valence-corrected chi connectivity index (χ4v) is 4.70. The lowest BCUT2D eigenvalue weighted by molar-refractivity contribution is 0.0492. The molecule has 0 amide bonds. The molecule has 3 aromatic rings. The van der Waals surface area contributed by atoms with E-state index in [1.807, 2.05) is 6.07 Å². The number of ether oxygens (including phenoxy) is 3. The second-order valence-electron chi connectivity index (χ2n) is 8.67. The van der Waals surface area contributed by atoms with Crippen molar-refractivity contribution >= 4 is 10.8 Å². The number of fused-ring (bicyclic) bond motifs is 1. The molecule has 1 aromatic heterocycles. The Morgan fingerprint density at radius 3 is 2.31 bits per heavy atom. The molecule has 2 fully saturated rings. The van der Waals surface area contributed by atoms with Crippen molar-refractivity contribution in [2.75, 3.05) is 33.0 Å². The molecule has 2 aromatic carbocycles. The minimum absolute atomic E-state index is 0.166. The maximum atomic E-state index is 13.7. The van der Waals surface area contributed by atoms with Gasteiger partial charge in [0.1, 0.15) is 11.6 Å². The number of hydrogen-bond donors (Lipinski definition) is 1. The van der Waals surface area contributed by atoms with E-state index in [0.717, 1.165) is 66.5 Å². The molecule has 0 bridgehead atoms. The van der Waals surface area contributed by atoms with E-state index in [2.05, 4.69) is 0 Å². The Morgan fingerprint density at radius 1 is 0.906 bits per heavy atom. The van der Waals surface area contributed by atoms with E-state index in [1.165, 1.54) is 12.1 Å². The van der Waals surface area contributed by atoms with Crippen molar-refractivity contribution < 1.29 is 23.7 Å². The molecule has 168 valence electrons. The number of rotatable bonds is 5. The summed E-state index contributed by atoms with van der Waals surface area (Å²) in [5.41, 5.74) is 2.84. The van der Waals surface area contributed by atoms with Crippen LogP contribution in [0.3, 0.4) is 0 Å². The van der Waals surface area contributed by atoms with Gasteiger partial charge in [-0.15, -0.1) is 0 Å². The van der Waals surface area contributed by atoms with Crippen LogP contribution in [-0.4, -0.2) is 43.1 Å². The van der Waals surface area contributed by atoms with Gasteiger partial charge in [0.25, 0.3) is 0 Å². The second-order valence-corrected chi connectivity index (χ2v) is 8.67. The number of benzene rings is 2. The summed E-state index contributed by atoms with van der Waals surface area (Å²) in [5.74, 6) is 1.11. The molecular weight excluding hydrogens is 409 g/mol. The number of aromatic hydroxyl groups is 1. The average Bonchev–Trinajstić information content (AvgIpc) is 2.84. The number of aromatic nitrogens is 1. The van der Waals surface area contributed by atoms with Crippen molar-refractivity contribution in [3.05, 3.63) is 54.0 Å². The van der Waals surface area contributed by atoms with E-state index in [0.29, 0.717) is 31.6 Å². The van der Waals surface area contributed by atoms with Crippen LogP contribution in [0.5, 0.6) is 11.6 Å². The molecular formula is C26H28FNO4. The van der Waals surface area contributed by atoms with Crippen molar-refractivity contribution in [2.45, 2.75) is 31.6 Å². The number of nitrogens with zero attached hydrogens (tertiary/aromatic N) is 1. The monoisotopic (exact) mass is 437 g/mol. The van der Waals surface area contributed by atoms with Gasteiger partial charge in [-0.3, -0.25) is 0 Å². The zero-order valence-electron chi connectivity index (χ0n) is 18.1. The van der Waals surface area contributed by atoms with Crippen LogP contribution in [0.2, 0.25) is 0 Å². The van der Waals surface area contributed by atoms with Gasteiger partial charge >= 0.3 is 0 Å². The van der Waals surface area contributed by atoms with Crippen molar-refractivity contribution in [3.63, 3.8) is 0 Å². The lowest BCUT2D eigenvalue weighted by Gasteiger charge is -2.27. The summed E-state index contributed by atoms with van der Waals surface area (Å²) in [4.78, 5) is 5.03. The first-order valence-electron chi connectivity index (χ1n) is 11.4. The minimum atomic E-state index is -0.271. The summed E-state index contributed by atoms with van der Waals surface area (Å²) in [5, 5.41) is 11.9. The number of pyridine rings is 1. The molecule has 0 unspecified atom stereocenters. The second kappa shape index (κ2) is 9.43. The average molecular weight is 438 g/mol. The first kappa shape index (κ1) is 21.2. The van der Waals surface area contributed by atoms with Crippen LogP contribution in [0.25, 0.3) is 21.9 Å². The van der Waals surface area contributed by atoms with Crippen LogP contribution in [0.15, 0.2) is 42.5 Å². The highest BCUT2D eigenvalue weighted by molar-refractivity contribution is 6.01. The Bertz CT molecular complexity index is 1070. The van der Waals surface area contributed by atoms with Gasteiger partial charge in [-0.2, -0.15) is 0 Å². The lowest BCUT2D eigenvalue weighted by Crippen LogP contribution is -2.22. The maximum absolute atomic E-state index is 13.7. The number of phenolic OH excluding ortho intramolecular Hbond substituents is 1. The van der Waals surface area contributed by atoms with Crippen LogP contribution < -0.4 is 4.74 Å². The predicted octanol–water partition coefficient (Wildman–Crippen LogP) is 5.45. The van der Waals surface area contributed by atoms with Gasteiger partial charge < -0.3 is 19.3 Å². The van der Waals surface area contributed by atoms with Crippen LogP contribution in [0.4, 0.5) is 4.39 Å². The number of hydrogen-bond acceptors (Lipinski definition) is 5. The molecule has 0 saturated carbocycles. The molecule has 0 aliphatic carbocycles. The highest BCUT2D eigenvalue weighted by Gasteiger charge is 2.26. The normalized spacial score (nSPS) is 18.2. The van der Waals surface area contributed by atoms with Gasteiger partial charge in [-0.25, -0.2) is 9.37 Å². The molecule has 0 spiro atoms. The third-order valence-electron chi connectivity index (χ3n) is 6.52. The molecule has 5 nitrogen and oxygen atoms in total. The van der Waals surface area contributed by atoms with E-state index in [9.17, 15) is 9.50 Å². The molecule has 2 saturated heterocycles. The Labute approximate surface area is 187 Å². The summed E-state index contributed by atoms with van der Waals surface area (Å²) < 4.78 is 31.0. The van der Waals surface area contributed by atoms with Crippen LogP contribution in [0.1, 0.15) is 37.3 Å². The lowest BCUT2D eigenvalue weighted by atomic mass is 9.87. The molecule has 0 atom stereocenters.